The van der Waals surface area contributed by atoms with Gasteiger partial charge >= 0.3 is 0 Å². The van der Waals surface area contributed by atoms with E-state index in [1.54, 1.807) is 12.1 Å². The first-order chi connectivity index (χ1) is 8.29. The second kappa shape index (κ2) is 5.41. The van der Waals surface area contributed by atoms with E-state index in [4.69, 9.17) is 10.00 Å². The van der Waals surface area contributed by atoms with Crippen LogP contribution in [0.4, 0.5) is 0 Å². The zero-order valence-corrected chi connectivity index (χ0v) is 9.35. The quantitative estimate of drug-likeness (QED) is 0.831. The summed E-state index contributed by atoms with van der Waals surface area (Å²) in [5.41, 5.74) is 0.786. The Balaban J connectivity index is 1.88. The van der Waals surface area contributed by atoms with Crippen LogP contribution in [0, 0.1) is 17.2 Å². The molecule has 0 aromatic carbocycles. The maximum atomic E-state index is 11.7. The van der Waals surface area contributed by atoms with Crippen molar-refractivity contribution >= 4 is 5.91 Å². The van der Waals surface area contributed by atoms with E-state index in [0.717, 1.165) is 13.0 Å². The number of amides is 1. The maximum Gasteiger partial charge on any atom is 0.269 e. The molecule has 2 rings (SSSR count). The van der Waals surface area contributed by atoms with Crippen LogP contribution in [0.25, 0.3) is 0 Å². The Kier molecular flexibility index (Phi) is 3.68. The first-order valence-corrected chi connectivity index (χ1v) is 5.51. The highest BCUT2D eigenvalue weighted by molar-refractivity contribution is 5.92. The van der Waals surface area contributed by atoms with Gasteiger partial charge in [-0.3, -0.25) is 4.79 Å². The SMILES string of the molecule is N#Cc1ccc(C(=O)NCC2CCOC2)nc1. The lowest BCUT2D eigenvalue weighted by atomic mass is 10.1. The molecule has 1 aromatic rings. The van der Waals surface area contributed by atoms with Gasteiger partial charge in [-0.15, -0.1) is 0 Å². The van der Waals surface area contributed by atoms with Gasteiger partial charge in [0.25, 0.3) is 5.91 Å². The minimum absolute atomic E-state index is 0.207. The van der Waals surface area contributed by atoms with Crippen LogP contribution in [0.3, 0.4) is 0 Å². The summed E-state index contributed by atoms with van der Waals surface area (Å²) in [4.78, 5) is 15.6. The lowest BCUT2D eigenvalue weighted by Gasteiger charge is -2.08. The fraction of sp³-hybridized carbons (Fsp3) is 0.417. The van der Waals surface area contributed by atoms with Gasteiger partial charge in [0.1, 0.15) is 11.8 Å². The topological polar surface area (TPSA) is 75.0 Å². The van der Waals surface area contributed by atoms with E-state index < -0.39 is 0 Å². The van der Waals surface area contributed by atoms with Gasteiger partial charge in [-0.05, 0) is 18.6 Å². The minimum Gasteiger partial charge on any atom is -0.381 e. The fourth-order valence-corrected chi connectivity index (χ4v) is 1.67. The third-order valence-corrected chi connectivity index (χ3v) is 2.70. The molecule has 1 saturated heterocycles. The van der Waals surface area contributed by atoms with E-state index in [1.165, 1.54) is 6.20 Å². The van der Waals surface area contributed by atoms with Crippen molar-refractivity contribution in [3.63, 3.8) is 0 Å². The number of nitriles is 1. The van der Waals surface area contributed by atoms with Gasteiger partial charge in [-0.25, -0.2) is 4.98 Å². The summed E-state index contributed by atoms with van der Waals surface area (Å²) < 4.78 is 5.22. The molecule has 17 heavy (non-hydrogen) atoms. The van der Waals surface area contributed by atoms with E-state index >= 15 is 0 Å². The Bertz CT molecular complexity index is 430. The van der Waals surface area contributed by atoms with Crippen molar-refractivity contribution in [1.29, 1.82) is 5.26 Å². The molecule has 0 spiro atoms. The van der Waals surface area contributed by atoms with Crippen molar-refractivity contribution in [3.8, 4) is 6.07 Å². The largest absolute Gasteiger partial charge is 0.381 e. The standard InChI is InChI=1S/C12H13N3O2/c13-5-9-1-2-11(14-6-9)12(16)15-7-10-3-4-17-8-10/h1-2,6,10H,3-4,7-8H2,(H,15,16). The third kappa shape index (κ3) is 3.02. The summed E-state index contributed by atoms with van der Waals surface area (Å²) in [5, 5.41) is 11.4. The Labute approximate surface area is 99.4 Å². The van der Waals surface area contributed by atoms with Gasteiger partial charge in [0, 0.05) is 25.3 Å². The molecule has 0 bridgehead atoms. The summed E-state index contributed by atoms with van der Waals surface area (Å²) in [6, 6.07) is 5.10. The van der Waals surface area contributed by atoms with Gasteiger partial charge in [-0.1, -0.05) is 0 Å². The van der Waals surface area contributed by atoms with E-state index in [2.05, 4.69) is 10.3 Å². The molecular formula is C12H13N3O2. The maximum absolute atomic E-state index is 11.7. The second-order valence-electron chi connectivity index (χ2n) is 3.98. The lowest BCUT2D eigenvalue weighted by molar-refractivity contribution is 0.0940. The Morgan fingerprint density at radius 1 is 1.65 bits per heavy atom. The van der Waals surface area contributed by atoms with Gasteiger partial charge in [0.2, 0.25) is 0 Å². The van der Waals surface area contributed by atoms with Crippen molar-refractivity contribution in [2.24, 2.45) is 5.92 Å². The fourth-order valence-electron chi connectivity index (χ4n) is 1.67. The van der Waals surface area contributed by atoms with Crippen LogP contribution in [0.1, 0.15) is 22.5 Å². The van der Waals surface area contributed by atoms with E-state index in [0.29, 0.717) is 30.3 Å². The molecule has 1 amide bonds. The molecule has 1 aromatic heterocycles. The van der Waals surface area contributed by atoms with Gasteiger partial charge in [0.05, 0.1) is 12.2 Å². The van der Waals surface area contributed by atoms with Crippen LogP contribution in [-0.4, -0.2) is 30.6 Å². The monoisotopic (exact) mass is 231 g/mol. The molecular weight excluding hydrogens is 218 g/mol. The molecule has 0 aliphatic carbocycles. The number of rotatable bonds is 3. The number of hydrogen-bond donors (Lipinski definition) is 1. The second-order valence-corrected chi connectivity index (χ2v) is 3.98. The van der Waals surface area contributed by atoms with Crippen LogP contribution in [0.2, 0.25) is 0 Å². The summed E-state index contributed by atoms with van der Waals surface area (Å²) in [6.45, 7) is 2.09. The van der Waals surface area contributed by atoms with E-state index in [1.807, 2.05) is 6.07 Å². The first-order valence-electron chi connectivity index (χ1n) is 5.51. The van der Waals surface area contributed by atoms with E-state index in [-0.39, 0.29) is 5.91 Å². The molecule has 2 heterocycles. The van der Waals surface area contributed by atoms with Crippen molar-refractivity contribution < 1.29 is 9.53 Å². The van der Waals surface area contributed by atoms with E-state index in [9.17, 15) is 4.79 Å². The molecule has 1 fully saturated rings. The highest BCUT2D eigenvalue weighted by Crippen LogP contribution is 2.10. The summed E-state index contributed by atoms with van der Waals surface area (Å²) in [5.74, 6) is 0.193. The Hall–Kier alpha value is -1.93. The molecule has 1 N–H and O–H groups in total. The first kappa shape index (κ1) is 11.6. The number of carbonyl (C=O) groups is 1. The van der Waals surface area contributed by atoms with Crippen molar-refractivity contribution in [3.05, 3.63) is 29.6 Å². The molecule has 5 nitrogen and oxygen atoms in total. The number of ether oxygens (including phenoxy) is 1. The summed E-state index contributed by atoms with van der Waals surface area (Å²) in [7, 11) is 0. The normalized spacial score (nSPS) is 18.6. The summed E-state index contributed by atoms with van der Waals surface area (Å²) >= 11 is 0. The van der Waals surface area contributed by atoms with Crippen LogP contribution in [0.15, 0.2) is 18.3 Å². The van der Waals surface area contributed by atoms with Crippen molar-refractivity contribution in [1.82, 2.24) is 10.3 Å². The Morgan fingerprint density at radius 2 is 2.53 bits per heavy atom. The van der Waals surface area contributed by atoms with Crippen molar-refractivity contribution in [2.45, 2.75) is 6.42 Å². The van der Waals surface area contributed by atoms with Gasteiger partial charge < -0.3 is 10.1 Å². The predicted molar refractivity (Wildman–Crippen MR) is 60.2 cm³/mol. The van der Waals surface area contributed by atoms with Crippen LogP contribution in [0.5, 0.6) is 0 Å². The molecule has 1 unspecified atom stereocenters. The number of nitrogens with zero attached hydrogens (tertiary/aromatic N) is 2. The third-order valence-electron chi connectivity index (χ3n) is 2.70. The molecule has 1 aliphatic heterocycles. The molecule has 1 aliphatic rings. The summed E-state index contributed by atoms with van der Waals surface area (Å²) in [6.07, 6.45) is 2.38. The number of nitrogens with one attached hydrogen (secondary N) is 1. The number of hydrogen-bond acceptors (Lipinski definition) is 4. The van der Waals surface area contributed by atoms with Crippen LogP contribution in [-0.2, 0) is 4.74 Å². The molecule has 0 saturated carbocycles. The highest BCUT2D eigenvalue weighted by Gasteiger charge is 2.17. The molecule has 0 radical (unpaired) electrons. The number of pyridine rings is 1. The molecule has 1 atom stereocenters. The predicted octanol–water partition coefficient (Wildman–Crippen LogP) is 0.720. The molecule has 5 heteroatoms. The molecule has 88 valence electrons. The number of aromatic nitrogens is 1. The highest BCUT2D eigenvalue weighted by atomic mass is 16.5. The zero-order chi connectivity index (χ0) is 12.1. The minimum atomic E-state index is -0.207. The smallest absolute Gasteiger partial charge is 0.269 e. The average molecular weight is 231 g/mol. The van der Waals surface area contributed by atoms with Gasteiger partial charge in [0.15, 0.2) is 0 Å². The zero-order valence-electron chi connectivity index (χ0n) is 9.35. The Morgan fingerprint density at radius 3 is 3.12 bits per heavy atom. The van der Waals surface area contributed by atoms with Crippen LogP contribution < -0.4 is 5.32 Å². The average Bonchev–Trinajstić information content (AvgIpc) is 2.89. The van der Waals surface area contributed by atoms with Crippen molar-refractivity contribution in [2.75, 3.05) is 19.8 Å². The van der Waals surface area contributed by atoms with Gasteiger partial charge in [-0.2, -0.15) is 5.26 Å². The lowest BCUT2D eigenvalue weighted by Crippen LogP contribution is -2.30. The van der Waals surface area contributed by atoms with Crippen LogP contribution >= 0.6 is 0 Å². The number of carbonyl (C=O) groups excluding carboxylic acids is 1.